The number of hydrogen-bond acceptors (Lipinski definition) is 3. The average Bonchev–Trinajstić information content (AvgIpc) is 2.96. The van der Waals surface area contributed by atoms with Crippen LogP contribution in [0.15, 0.2) is 27.3 Å². The zero-order valence-corrected chi connectivity index (χ0v) is 12.3. The molecule has 0 aliphatic carbocycles. The van der Waals surface area contributed by atoms with Crippen LogP contribution in [-0.4, -0.2) is 16.3 Å². The fourth-order valence-corrected chi connectivity index (χ4v) is 2.34. The molecule has 0 aliphatic rings. The molecule has 0 saturated heterocycles. The van der Waals surface area contributed by atoms with Gasteiger partial charge in [-0.15, -0.1) is 0 Å². The predicted octanol–water partition coefficient (Wildman–Crippen LogP) is 2.90. The van der Waals surface area contributed by atoms with Gasteiger partial charge in [0.1, 0.15) is 5.76 Å². The third kappa shape index (κ3) is 3.03. The number of hydrogen-bond donors (Lipinski definition) is 1. The summed E-state index contributed by atoms with van der Waals surface area (Å²) in [5.74, 6) is 1.02. The second-order valence-electron chi connectivity index (χ2n) is 4.17. The SMILES string of the molecule is CCn1nc(C)c(Br)c1CNCCc1ccco1. The Morgan fingerprint density at radius 3 is 3.00 bits per heavy atom. The molecule has 0 saturated carbocycles. The molecule has 0 spiro atoms. The first-order chi connectivity index (χ1) is 8.72. The minimum atomic E-state index is 0.815. The van der Waals surface area contributed by atoms with Gasteiger partial charge in [0.05, 0.1) is 22.1 Å². The minimum absolute atomic E-state index is 0.815. The molecule has 0 aliphatic heterocycles. The molecule has 2 aromatic rings. The van der Waals surface area contributed by atoms with Crippen LogP contribution in [0.4, 0.5) is 0 Å². The lowest BCUT2D eigenvalue weighted by Crippen LogP contribution is -2.19. The van der Waals surface area contributed by atoms with E-state index in [0.29, 0.717) is 0 Å². The van der Waals surface area contributed by atoms with Gasteiger partial charge >= 0.3 is 0 Å². The van der Waals surface area contributed by atoms with E-state index in [1.807, 2.05) is 23.7 Å². The van der Waals surface area contributed by atoms with E-state index >= 15 is 0 Å². The van der Waals surface area contributed by atoms with Crippen LogP contribution < -0.4 is 5.32 Å². The lowest BCUT2D eigenvalue weighted by atomic mass is 10.3. The molecule has 4 nitrogen and oxygen atoms in total. The zero-order chi connectivity index (χ0) is 13.0. The highest BCUT2D eigenvalue weighted by Gasteiger charge is 2.11. The Bertz CT molecular complexity index is 491. The highest BCUT2D eigenvalue weighted by atomic mass is 79.9. The Morgan fingerprint density at radius 1 is 1.50 bits per heavy atom. The van der Waals surface area contributed by atoms with Gasteiger partial charge in [0.2, 0.25) is 0 Å². The summed E-state index contributed by atoms with van der Waals surface area (Å²) < 4.78 is 8.43. The molecule has 0 radical (unpaired) electrons. The van der Waals surface area contributed by atoms with Gasteiger partial charge in [-0.05, 0) is 41.9 Å². The first kappa shape index (κ1) is 13.4. The lowest BCUT2D eigenvalue weighted by molar-refractivity contribution is 0.495. The number of aromatic nitrogens is 2. The number of furan rings is 1. The summed E-state index contributed by atoms with van der Waals surface area (Å²) in [7, 11) is 0. The van der Waals surface area contributed by atoms with E-state index in [4.69, 9.17) is 4.42 Å². The van der Waals surface area contributed by atoms with Gasteiger partial charge in [-0.2, -0.15) is 5.10 Å². The van der Waals surface area contributed by atoms with E-state index in [0.717, 1.165) is 42.0 Å². The smallest absolute Gasteiger partial charge is 0.105 e. The van der Waals surface area contributed by atoms with Gasteiger partial charge in [-0.3, -0.25) is 4.68 Å². The highest BCUT2D eigenvalue weighted by molar-refractivity contribution is 9.10. The average molecular weight is 312 g/mol. The fraction of sp³-hybridized carbons (Fsp3) is 0.462. The Morgan fingerprint density at radius 2 is 2.33 bits per heavy atom. The molecule has 0 fully saturated rings. The van der Waals surface area contributed by atoms with Gasteiger partial charge in [0, 0.05) is 26.1 Å². The number of aryl methyl sites for hydroxylation is 2. The van der Waals surface area contributed by atoms with E-state index in [-0.39, 0.29) is 0 Å². The van der Waals surface area contributed by atoms with Gasteiger partial charge in [0.15, 0.2) is 0 Å². The Kier molecular flexibility index (Phi) is 4.60. The molecule has 0 aromatic carbocycles. The summed E-state index contributed by atoms with van der Waals surface area (Å²) in [6.07, 6.45) is 2.62. The van der Waals surface area contributed by atoms with Crippen LogP contribution >= 0.6 is 15.9 Å². The van der Waals surface area contributed by atoms with Crippen molar-refractivity contribution in [1.82, 2.24) is 15.1 Å². The number of rotatable bonds is 6. The molecule has 0 bridgehead atoms. The normalized spacial score (nSPS) is 11.1. The third-order valence-electron chi connectivity index (χ3n) is 2.87. The van der Waals surface area contributed by atoms with Crippen LogP contribution in [0.3, 0.4) is 0 Å². The van der Waals surface area contributed by atoms with Crippen molar-refractivity contribution < 1.29 is 4.42 Å². The van der Waals surface area contributed by atoms with Gasteiger partial charge in [-0.25, -0.2) is 0 Å². The number of nitrogens with zero attached hydrogens (tertiary/aromatic N) is 2. The molecule has 1 N–H and O–H groups in total. The topological polar surface area (TPSA) is 43.0 Å². The summed E-state index contributed by atoms with van der Waals surface area (Å²) in [6, 6.07) is 3.92. The monoisotopic (exact) mass is 311 g/mol. The summed E-state index contributed by atoms with van der Waals surface area (Å²) in [6.45, 7) is 6.72. The summed E-state index contributed by atoms with van der Waals surface area (Å²) in [4.78, 5) is 0. The van der Waals surface area contributed by atoms with Crippen LogP contribution in [0.2, 0.25) is 0 Å². The van der Waals surface area contributed by atoms with E-state index in [2.05, 4.69) is 33.3 Å². The maximum Gasteiger partial charge on any atom is 0.105 e. The second kappa shape index (κ2) is 6.20. The molecular weight excluding hydrogens is 294 g/mol. The molecule has 2 aromatic heterocycles. The standard InChI is InChI=1S/C13H18BrN3O/c1-3-17-12(13(14)10(2)16-17)9-15-7-6-11-5-4-8-18-11/h4-5,8,15H,3,6-7,9H2,1-2H3. The van der Waals surface area contributed by atoms with Gasteiger partial charge in [-0.1, -0.05) is 0 Å². The predicted molar refractivity (Wildman–Crippen MR) is 74.5 cm³/mol. The summed E-state index contributed by atoms with van der Waals surface area (Å²) >= 11 is 3.59. The minimum Gasteiger partial charge on any atom is -0.469 e. The summed E-state index contributed by atoms with van der Waals surface area (Å²) in [5, 5.41) is 7.89. The highest BCUT2D eigenvalue weighted by Crippen LogP contribution is 2.20. The van der Waals surface area contributed by atoms with Crippen molar-refractivity contribution in [2.45, 2.75) is 33.4 Å². The molecule has 98 valence electrons. The van der Waals surface area contributed by atoms with Crippen LogP contribution in [-0.2, 0) is 19.5 Å². The van der Waals surface area contributed by atoms with Crippen molar-refractivity contribution in [3.05, 3.63) is 40.0 Å². The Labute approximate surface area is 115 Å². The fourth-order valence-electron chi connectivity index (χ4n) is 1.91. The maximum absolute atomic E-state index is 5.29. The summed E-state index contributed by atoms with van der Waals surface area (Å²) in [5.41, 5.74) is 2.24. The molecule has 2 rings (SSSR count). The van der Waals surface area contributed by atoms with Crippen LogP contribution in [0.1, 0.15) is 24.1 Å². The maximum atomic E-state index is 5.29. The molecular formula is C13H18BrN3O. The third-order valence-corrected chi connectivity index (χ3v) is 3.91. The van der Waals surface area contributed by atoms with Crippen molar-refractivity contribution in [3.63, 3.8) is 0 Å². The van der Waals surface area contributed by atoms with Crippen molar-refractivity contribution in [2.75, 3.05) is 6.54 Å². The molecule has 2 heterocycles. The van der Waals surface area contributed by atoms with Crippen molar-refractivity contribution >= 4 is 15.9 Å². The Balaban J connectivity index is 1.86. The van der Waals surface area contributed by atoms with E-state index in [1.165, 1.54) is 5.69 Å². The molecule has 18 heavy (non-hydrogen) atoms. The van der Waals surface area contributed by atoms with Crippen LogP contribution in [0.5, 0.6) is 0 Å². The Hall–Kier alpha value is -1.07. The van der Waals surface area contributed by atoms with Gasteiger partial charge in [0.25, 0.3) is 0 Å². The van der Waals surface area contributed by atoms with Crippen LogP contribution in [0.25, 0.3) is 0 Å². The second-order valence-corrected chi connectivity index (χ2v) is 4.96. The van der Waals surface area contributed by atoms with Crippen molar-refractivity contribution in [3.8, 4) is 0 Å². The quantitative estimate of drug-likeness (QED) is 0.834. The van der Waals surface area contributed by atoms with Crippen molar-refractivity contribution in [1.29, 1.82) is 0 Å². The van der Waals surface area contributed by atoms with E-state index in [1.54, 1.807) is 6.26 Å². The molecule has 0 atom stereocenters. The first-order valence-corrected chi connectivity index (χ1v) is 6.96. The molecule has 0 unspecified atom stereocenters. The first-order valence-electron chi connectivity index (χ1n) is 6.17. The van der Waals surface area contributed by atoms with E-state index < -0.39 is 0 Å². The zero-order valence-electron chi connectivity index (χ0n) is 10.7. The van der Waals surface area contributed by atoms with Gasteiger partial charge < -0.3 is 9.73 Å². The molecule has 5 heteroatoms. The number of nitrogens with one attached hydrogen (secondary N) is 1. The molecule has 0 amide bonds. The van der Waals surface area contributed by atoms with E-state index in [9.17, 15) is 0 Å². The lowest BCUT2D eigenvalue weighted by Gasteiger charge is -2.06. The number of halogens is 1. The van der Waals surface area contributed by atoms with Crippen LogP contribution in [0, 0.1) is 6.92 Å². The largest absolute Gasteiger partial charge is 0.469 e. The van der Waals surface area contributed by atoms with Crippen molar-refractivity contribution in [2.24, 2.45) is 0 Å².